The normalized spacial score (nSPS) is 15.7. The topological polar surface area (TPSA) is 54.5 Å². The zero-order valence-electron chi connectivity index (χ0n) is 11.7. The van der Waals surface area contributed by atoms with Crippen LogP contribution in [0.25, 0.3) is 0 Å². The van der Waals surface area contributed by atoms with Crippen molar-refractivity contribution in [3.8, 4) is 5.88 Å². The highest BCUT2D eigenvalue weighted by Crippen LogP contribution is 2.34. The van der Waals surface area contributed by atoms with E-state index >= 15 is 0 Å². The lowest BCUT2D eigenvalue weighted by atomic mass is 10.2. The lowest BCUT2D eigenvalue weighted by molar-refractivity contribution is 0.187. The Kier molecular flexibility index (Phi) is 4.24. The summed E-state index contributed by atoms with van der Waals surface area (Å²) in [6.45, 7) is 2.59. The van der Waals surface area contributed by atoms with Gasteiger partial charge in [-0.1, -0.05) is 6.07 Å². The summed E-state index contributed by atoms with van der Waals surface area (Å²) in [6, 6.07) is 3.97. The standard InChI is InChI=1S/C14H21N3O2/c1-10(12-5-6-12)17(2)14(18)16-9-11-4-7-13(19-3)15-8-11/h4,7-8,10,12H,5-6,9H2,1-3H3,(H,16,18). The van der Waals surface area contributed by atoms with Gasteiger partial charge in [0.05, 0.1) is 7.11 Å². The largest absolute Gasteiger partial charge is 0.481 e. The minimum Gasteiger partial charge on any atom is -0.481 e. The third-order valence-corrected chi connectivity index (χ3v) is 3.69. The molecule has 104 valence electrons. The first-order chi connectivity index (χ1) is 9.11. The van der Waals surface area contributed by atoms with Gasteiger partial charge in [0.25, 0.3) is 0 Å². The van der Waals surface area contributed by atoms with Crippen molar-refractivity contribution in [1.82, 2.24) is 15.2 Å². The van der Waals surface area contributed by atoms with Gasteiger partial charge in [0.1, 0.15) is 0 Å². The second kappa shape index (κ2) is 5.91. The maximum Gasteiger partial charge on any atom is 0.317 e. The van der Waals surface area contributed by atoms with Crippen molar-refractivity contribution in [1.29, 1.82) is 0 Å². The second-order valence-electron chi connectivity index (χ2n) is 5.06. The van der Waals surface area contributed by atoms with E-state index in [4.69, 9.17) is 4.74 Å². The lowest BCUT2D eigenvalue weighted by Gasteiger charge is -2.25. The first-order valence-electron chi connectivity index (χ1n) is 6.61. The van der Waals surface area contributed by atoms with Crippen LogP contribution in [0, 0.1) is 5.92 Å². The molecule has 1 aromatic rings. The molecule has 1 fully saturated rings. The fourth-order valence-corrected chi connectivity index (χ4v) is 2.02. The van der Waals surface area contributed by atoms with Crippen LogP contribution in [-0.4, -0.2) is 36.1 Å². The van der Waals surface area contributed by atoms with E-state index in [9.17, 15) is 4.79 Å². The summed E-state index contributed by atoms with van der Waals surface area (Å²) in [5, 5.41) is 2.91. The van der Waals surface area contributed by atoms with Crippen molar-refractivity contribution < 1.29 is 9.53 Å². The van der Waals surface area contributed by atoms with E-state index in [1.807, 2.05) is 13.1 Å². The fourth-order valence-electron chi connectivity index (χ4n) is 2.02. The van der Waals surface area contributed by atoms with E-state index in [1.165, 1.54) is 12.8 Å². The summed E-state index contributed by atoms with van der Waals surface area (Å²) < 4.78 is 4.99. The van der Waals surface area contributed by atoms with Crippen LogP contribution in [0.1, 0.15) is 25.3 Å². The number of methoxy groups -OCH3 is 1. The Balaban J connectivity index is 1.81. The molecule has 1 unspecified atom stereocenters. The molecule has 0 spiro atoms. The van der Waals surface area contributed by atoms with Crippen LogP contribution in [0.3, 0.4) is 0 Å². The predicted octanol–water partition coefficient (Wildman–Crippen LogP) is 2.03. The Morgan fingerprint density at radius 3 is 2.84 bits per heavy atom. The smallest absolute Gasteiger partial charge is 0.317 e. The van der Waals surface area contributed by atoms with Crippen molar-refractivity contribution >= 4 is 6.03 Å². The molecule has 2 rings (SSSR count). The SMILES string of the molecule is COc1ccc(CNC(=O)N(C)C(C)C2CC2)cn1. The minimum absolute atomic E-state index is 0.0322. The molecule has 0 aliphatic heterocycles. The predicted molar refractivity (Wildman–Crippen MR) is 73.0 cm³/mol. The Bertz CT molecular complexity index is 429. The van der Waals surface area contributed by atoms with E-state index in [0.717, 1.165) is 5.56 Å². The molecule has 19 heavy (non-hydrogen) atoms. The quantitative estimate of drug-likeness (QED) is 0.884. The number of amides is 2. The molecule has 1 aliphatic carbocycles. The van der Waals surface area contributed by atoms with Crippen LogP contribution in [0.15, 0.2) is 18.3 Å². The van der Waals surface area contributed by atoms with Gasteiger partial charge in [-0.05, 0) is 31.2 Å². The van der Waals surface area contributed by atoms with Crippen molar-refractivity contribution in [3.05, 3.63) is 23.9 Å². The van der Waals surface area contributed by atoms with Crippen molar-refractivity contribution in [2.45, 2.75) is 32.4 Å². The molecule has 1 aliphatic rings. The molecule has 0 saturated heterocycles. The zero-order chi connectivity index (χ0) is 13.8. The number of ether oxygens (including phenoxy) is 1. The van der Waals surface area contributed by atoms with Crippen LogP contribution in [0.4, 0.5) is 4.79 Å². The highest BCUT2D eigenvalue weighted by molar-refractivity contribution is 5.74. The molecular weight excluding hydrogens is 242 g/mol. The zero-order valence-corrected chi connectivity index (χ0v) is 11.7. The molecule has 0 radical (unpaired) electrons. The first-order valence-corrected chi connectivity index (χ1v) is 6.61. The van der Waals surface area contributed by atoms with Crippen molar-refractivity contribution in [2.75, 3.05) is 14.2 Å². The molecule has 2 amide bonds. The average Bonchev–Trinajstić information content (AvgIpc) is 3.28. The summed E-state index contributed by atoms with van der Waals surface area (Å²) in [5.41, 5.74) is 0.960. The molecule has 1 aromatic heterocycles. The van der Waals surface area contributed by atoms with Crippen LogP contribution in [0.5, 0.6) is 5.88 Å². The number of hydrogen-bond donors (Lipinski definition) is 1. The van der Waals surface area contributed by atoms with Gasteiger partial charge in [-0.3, -0.25) is 0 Å². The van der Waals surface area contributed by atoms with Crippen LogP contribution in [-0.2, 0) is 6.54 Å². The summed E-state index contributed by atoms with van der Waals surface area (Å²) in [6.07, 6.45) is 4.19. The van der Waals surface area contributed by atoms with Gasteiger partial charge in [-0.15, -0.1) is 0 Å². The molecule has 0 bridgehead atoms. The number of rotatable bonds is 5. The third kappa shape index (κ3) is 3.59. The van der Waals surface area contributed by atoms with Crippen LogP contribution in [0.2, 0.25) is 0 Å². The molecule has 1 atom stereocenters. The molecule has 1 heterocycles. The molecule has 0 aromatic carbocycles. The summed E-state index contributed by atoms with van der Waals surface area (Å²) in [4.78, 5) is 17.9. The number of carbonyl (C=O) groups is 1. The van der Waals surface area contributed by atoms with Crippen molar-refractivity contribution in [2.24, 2.45) is 5.92 Å². The van der Waals surface area contributed by atoms with Gasteiger partial charge in [0, 0.05) is 31.9 Å². The number of pyridine rings is 1. The van der Waals surface area contributed by atoms with E-state index in [-0.39, 0.29) is 6.03 Å². The maximum absolute atomic E-state index is 12.0. The summed E-state index contributed by atoms with van der Waals surface area (Å²) in [5.74, 6) is 1.26. The highest BCUT2D eigenvalue weighted by atomic mass is 16.5. The van der Waals surface area contributed by atoms with Gasteiger partial charge >= 0.3 is 6.03 Å². The van der Waals surface area contributed by atoms with Gasteiger partial charge in [-0.25, -0.2) is 9.78 Å². The van der Waals surface area contributed by atoms with E-state index in [2.05, 4.69) is 17.2 Å². The van der Waals surface area contributed by atoms with Crippen LogP contribution >= 0.6 is 0 Å². The second-order valence-corrected chi connectivity index (χ2v) is 5.06. The van der Waals surface area contributed by atoms with E-state index < -0.39 is 0 Å². The van der Waals surface area contributed by atoms with E-state index in [1.54, 1.807) is 24.3 Å². The van der Waals surface area contributed by atoms with Gasteiger partial charge in [-0.2, -0.15) is 0 Å². The minimum atomic E-state index is -0.0322. The molecule has 5 nitrogen and oxygen atoms in total. The first kappa shape index (κ1) is 13.6. The number of hydrogen-bond acceptors (Lipinski definition) is 3. The molecule has 5 heteroatoms. The number of urea groups is 1. The fraction of sp³-hybridized carbons (Fsp3) is 0.571. The Morgan fingerprint density at radius 1 is 1.58 bits per heavy atom. The maximum atomic E-state index is 12.0. The number of aromatic nitrogens is 1. The van der Waals surface area contributed by atoms with Crippen molar-refractivity contribution in [3.63, 3.8) is 0 Å². The Hall–Kier alpha value is -1.78. The molecule has 1 saturated carbocycles. The monoisotopic (exact) mass is 263 g/mol. The van der Waals surface area contributed by atoms with Crippen LogP contribution < -0.4 is 10.1 Å². The third-order valence-electron chi connectivity index (χ3n) is 3.69. The number of nitrogens with one attached hydrogen (secondary N) is 1. The Labute approximate surface area is 114 Å². The Morgan fingerprint density at radius 2 is 2.32 bits per heavy atom. The molecular formula is C14H21N3O2. The lowest BCUT2D eigenvalue weighted by Crippen LogP contribution is -2.43. The molecule has 1 N–H and O–H groups in total. The number of nitrogens with zero attached hydrogens (tertiary/aromatic N) is 2. The summed E-state index contributed by atoms with van der Waals surface area (Å²) in [7, 11) is 3.43. The summed E-state index contributed by atoms with van der Waals surface area (Å²) >= 11 is 0. The number of carbonyl (C=O) groups excluding carboxylic acids is 1. The highest BCUT2D eigenvalue weighted by Gasteiger charge is 2.32. The van der Waals surface area contributed by atoms with Gasteiger partial charge in [0.2, 0.25) is 5.88 Å². The van der Waals surface area contributed by atoms with E-state index in [0.29, 0.717) is 24.4 Å². The van der Waals surface area contributed by atoms with Gasteiger partial charge < -0.3 is 15.0 Å². The average molecular weight is 263 g/mol. The van der Waals surface area contributed by atoms with Gasteiger partial charge in [0.15, 0.2) is 0 Å².